The predicted molar refractivity (Wildman–Crippen MR) is 60.6 cm³/mol. The van der Waals surface area contributed by atoms with E-state index in [9.17, 15) is 8.42 Å². The van der Waals surface area contributed by atoms with Crippen LogP contribution in [0, 0.1) is 6.92 Å². The van der Waals surface area contributed by atoms with Gasteiger partial charge in [0.1, 0.15) is 0 Å². The van der Waals surface area contributed by atoms with E-state index in [0.29, 0.717) is 15.5 Å². The van der Waals surface area contributed by atoms with Gasteiger partial charge in [-0.2, -0.15) is 0 Å². The fraction of sp³-hybridized carbons (Fsp3) is 0.400. The molecule has 0 amide bonds. The Morgan fingerprint density at radius 2 is 1.71 bits per heavy atom. The summed E-state index contributed by atoms with van der Waals surface area (Å²) in [5.74, 6) is 0. The Bertz CT molecular complexity index is 397. The van der Waals surface area contributed by atoms with Crippen molar-refractivity contribution in [3.05, 3.63) is 28.8 Å². The number of aryl methyl sites for hydroxylation is 1. The van der Waals surface area contributed by atoms with Crippen LogP contribution in [0.4, 0.5) is 0 Å². The third-order valence-corrected chi connectivity index (χ3v) is 3.03. The van der Waals surface area contributed by atoms with Gasteiger partial charge in [-0.05, 0) is 30.7 Å². The number of rotatable bonds is 1. The first-order valence-corrected chi connectivity index (χ1v) is 6.64. The minimum absolute atomic E-state index is 0.340. The van der Waals surface area contributed by atoms with Crippen LogP contribution in [0.5, 0.6) is 0 Å². The minimum atomic E-state index is -3.11. The fourth-order valence-electron chi connectivity index (χ4n) is 1.03. The first-order valence-electron chi connectivity index (χ1n) is 4.37. The Kier molecular flexibility index (Phi) is 5.16. The van der Waals surface area contributed by atoms with Crippen molar-refractivity contribution in [3.63, 3.8) is 0 Å². The first kappa shape index (κ1) is 13.5. The summed E-state index contributed by atoms with van der Waals surface area (Å²) in [6, 6.07) is 4.73. The summed E-state index contributed by atoms with van der Waals surface area (Å²) in [5.41, 5.74) is 0.685. The summed E-state index contributed by atoms with van der Waals surface area (Å²) in [7, 11) is -3.11. The average molecular weight is 235 g/mol. The molecule has 0 saturated heterocycles. The monoisotopic (exact) mass is 234 g/mol. The number of hydrogen-bond donors (Lipinski definition) is 0. The Morgan fingerprint density at radius 3 is 2.07 bits per heavy atom. The van der Waals surface area contributed by atoms with Crippen molar-refractivity contribution in [3.8, 4) is 0 Å². The maximum absolute atomic E-state index is 11.1. The molecule has 2 nitrogen and oxygen atoms in total. The lowest BCUT2D eigenvalue weighted by molar-refractivity contribution is 0.601. The van der Waals surface area contributed by atoms with Gasteiger partial charge in [-0.25, -0.2) is 8.42 Å². The van der Waals surface area contributed by atoms with Gasteiger partial charge in [0.2, 0.25) is 0 Å². The highest BCUT2D eigenvalue weighted by Crippen LogP contribution is 2.18. The Balaban J connectivity index is 0.000000791. The van der Waals surface area contributed by atoms with Gasteiger partial charge in [0.25, 0.3) is 0 Å². The van der Waals surface area contributed by atoms with Crippen LogP contribution in [-0.4, -0.2) is 14.7 Å². The van der Waals surface area contributed by atoms with E-state index >= 15 is 0 Å². The summed E-state index contributed by atoms with van der Waals surface area (Å²) in [6.45, 7) is 5.72. The summed E-state index contributed by atoms with van der Waals surface area (Å²) < 4.78 is 22.2. The molecule has 0 bridgehead atoms. The van der Waals surface area contributed by atoms with E-state index in [1.54, 1.807) is 19.1 Å². The SMILES string of the molecule is CC.Cc1cc(Cl)ccc1S(C)(=O)=O. The molecule has 0 N–H and O–H groups in total. The van der Waals surface area contributed by atoms with E-state index in [1.807, 2.05) is 13.8 Å². The van der Waals surface area contributed by atoms with E-state index in [4.69, 9.17) is 11.6 Å². The number of hydrogen-bond acceptors (Lipinski definition) is 2. The Morgan fingerprint density at radius 1 is 1.21 bits per heavy atom. The van der Waals surface area contributed by atoms with Crippen molar-refractivity contribution in [2.45, 2.75) is 25.7 Å². The molecule has 0 spiro atoms. The highest BCUT2D eigenvalue weighted by Gasteiger charge is 2.09. The smallest absolute Gasteiger partial charge is 0.175 e. The molecule has 1 aromatic carbocycles. The molecule has 0 aliphatic carbocycles. The van der Waals surface area contributed by atoms with Crippen molar-refractivity contribution in [1.82, 2.24) is 0 Å². The number of halogens is 1. The molecular formula is C10H15ClO2S. The zero-order valence-electron chi connectivity index (χ0n) is 8.83. The number of benzene rings is 1. The summed E-state index contributed by atoms with van der Waals surface area (Å²) in [5, 5.41) is 0.555. The summed E-state index contributed by atoms with van der Waals surface area (Å²) in [4.78, 5) is 0.340. The van der Waals surface area contributed by atoms with Crippen molar-refractivity contribution >= 4 is 21.4 Å². The molecule has 0 atom stereocenters. The van der Waals surface area contributed by atoms with Crippen LogP contribution in [0.15, 0.2) is 23.1 Å². The van der Waals surface area contributed by atoms with Crippen LogP contribution in [0.3, 0.4) is 0 Å². The van der Waals surface area contributed by atoms with Crippen LogP contribution >= 0.6 is 11.6 Å². The lowest BCUT2D eigenvalue weighted by Crippen LogP contribution is -1.99. The van der Waals surface area contributed by atoms with Gasteiger partial charge < -0.3 is 0 Å². The average Bonchev–Trinajstić information content (AvgIpc) is 2.05. The molecule has 0 radical (unpaired) electrons. The second-order valence-electron chi connectivity index (χ2n) is 2.68. The maximum atomic E-state index is 11.1. The standard InChI is InChI=1S/C8H9ClO2S.C2H6/c1-6-5-7(9)3-4-8(6)12(2,10)11;1-2/h3-5H,1-2H3;1-2H3. The molecule has 0 aliphatic heterocycles. The quantitative estimate of drug-likeness (QED) is 0.749. The molecule has 0 heterocycles. The summed E-state index contributed by atoms with van der Waals surface area (Å²) >= 11 is 5.67. The van der Waals surface area contributed by atoms with Crippen molar-refractivity contribution < 1.29 is 8.42 Å². The van der Waals surface area contributed by atoms with Gasteiger partial charge >= 0.3 is 0 Å². The third-order valence-electron chi connectivity index (χ3n) is 1.54. The highest BCUT2D eigenvalue weighted by atomic mass is 35.5. The van der Waals surface area contributed by atoms with Crippen LogP contribution in [0.1, 0.15) is 19.4 Å². The van der Waals surface area contributed by atoms with Crippen LogP contribution in [0.2, 0.25) is 5.02 Å². The van der Waals surface area contributed by atoms with Crippen molar-refractivity contribution in [2.75, 3.05) is 6.26 Å². The largest absolute Gasteiger partial charge is 0.224 e. The molecule has 0 aliphatic rings. The van der Waals surface area contributed by atoms with E-state index in [2.05, 4.69) is 0 Å². The highest BCUT2D eigenvalue weighted by molar-refractivity contribution is 7.90. The van der Waals surface area contributed by atoms with Gasteiger partial charge in [0.05, 0.1) is 4.90 Å². The van der Waals surface area contributed by atoms with Gasteiger partial charge in [0, 0.05) is 11.3 Å². The maximum Gasteiger partial charge on any atom is 0.175 e. The van der Waals surface area contributed by atoms with Gasteiger partial charge in [0.15, 0.2) is 9.84 Å². The van der Waals surface area contributed by atoms with E-state index in [1.165, 1.54) is 12.3 Å². The molecular weight excluding hydrogens is 220 g/mol. The van der Waals surface area contributed by atoms with Crippen LogP contribution in [0.25, 0.3) is 0 Å². The van der Waals surface area contributed by atoms with Crippen molar-refractivity contribution in [2.24, 2.45) is 0 Å². The molecule has 4 heteroatoms. The molecule has 0 unspecified atom stereocenters. The van der Waals surface area contributed by atoms with Crippen LogP contribution in [-0.2, 0) is 9.84 Å². The van der Waals surface area contributed by atoms with Gasteiger partial charge in [-0.1, -0.05) is 25.4 Å². The normalized spacial score (nSPS) is 10.4. The predicted octanol–water partition coefficient (Wildman–Crippen LogP) is 3.08. The van der Waals surface area contributed by atoms with E-state index in [-0.39, 0.29) is 0 Å². The number of sulfone groups is 1. The van der Waals surface area contributed by atoms with E-state index < -0.39 is 9.84 Å². The molecule has 1 aromatic rings. The molecule has 0 saturated carbocycles. The molecule has 80 valence electrons. The summed E-state index contributed by atoms with van der Waals surface area (Å²) in [6.07, 6.45) is 1.18. The van der Waals surface area contributed by atoms with Gasteiger partial charge in [-0.3, -0.25) is 0 Å². The first-order chi connectivity index (χ1) is 6.41. The topological polar surface area (TPSA) is 34.1 Å². The molecule has 14 heavy (non-hydrogen) atoms. The van der Waals surface area contributed by atoms with Gasteiger partial charge in [-0.15, -0.1) is 0 Å². The zero-order chi connectivity index (χ0) is 11.4. The molecule has 1 rings (SSSR count). The Hall–Kier alpha value is -0.540. The van der Waals surface area contributed by atoms with Crippen molar-refractivity contribution in [1.29, 1.82) is 0 Å². The van der Waals surface area contributed by atoms with Crippen LogP contribution < -0.4 is 0 Å². The fourth-order valence-corrected chi connectivity index (χ4v) is 2.21. The lowest BCUT2D eigenvalue weighted by Gasteiger charge is -2.02. The second-order valence-corrected chi connectivity index (χ2v) is 5.10. The second kappa shape index (κ2) is 5.37. The van der Waals surface area contributed by atoms with E-state index in [0.717, 1.165) is 0 Å². The third kappa shape index (κ3) is 3.68. The minimum Gasteiger partial charge on any atom is -0.224 e. The molecule has 0 aromatic heterocycles. The Labute approximate surface area is 90.8 Å². The zero-order valence-corrected chi connectivity index (χ0v) is 10.4. The lowest BCUT2D eigenvalue weighted by atomic mass is 10.2. The molecule has 0 fully saturated rings.